The van der Waals surface area contributed by atoms with Gasteiger partial charge in [0.1, 0.15) is 23.3 Å². The van der Waals surface area contributed by atoms with Gasteiger partial charge in [-0.05, 0) is 25.1 Å². The molecule has 1 aromatic carbocycles. The third-order valence-electron chi connectivity index (χ3n) is 2.40. The predicted molar refractivity (Wildman–Crippen MR) is 65.9 cm³/mol. The van der Waals surface area contributed by atoms with Gasteiger partial charge in [-0.1, -0.05) is 0 Å². The Morgan fingerprint density at radius 2 is 1.85 bits per heavy atom. The first-order chi connectivity index (χ1) is 9.25. The van der Waals surface area contributed by atoms with Crippen molar-refractivity contribution >= 4 is 17.3 Å². The van der Waals surface area contributed by atoms with Crippen LogP contribution in [0.3, 0.4) is 0 Å². The number of anilines is 3. The number of hydrogen-bond donors (Lipinski definition) is 2. The van der Waals surface area contributed by atoms with Gasteiger partial charge in [0.2, 0.25) is 0 Å². The van der Waals surface area contributed by atoms with Gasteiger partial charge in [-0.15, -0.1) is 0 Å². The number of rotatable bonds is 2. The largest absolute Gasteiger partial charge is 0.419 e. The Balaban J connectivity index is 2.35. The number of halogens is 4. The average Bonchev–Trinajstić information content (AvgIpc) is 2.29. The molecular weight excluding hydrogens is 276 g/mol. The molecule has 2 rings (SSSR count). The predicted octanol–water partition coefficient (Wildman–Crippen LogP) is 3.27. The lowest BCUT2D eigenvalue weighted by atomic mass is 10.2. The van der Waals surface area contributed by atoms with Gasteiger partial charge in [0.15, 0.2) is 0 Å². The first kappa shape index (κ1) is 14.0. The van der Waals surface area contributed by atoms with Crippen molar-refractivity contribution < 1.29 is 17.6 Å². The molecular formula is C12H10F4N4. The van der Waals surface area contributed by atoms with E-state index in [1.54, 1.807) is 6.92 Å². The molecule has 0 saturated carbocycles. The minimum absolute atomic E-state index is 0.0521. The van der Waals surface area contributed by atoms with Gasteiger partial charge in [0.25, 0.3) is 0 Å². The minimum atomic E-state index is -4.76. The first-order valence-electron chi connectivity index (χ1n) is 5.50. The van der Waals surface area contributed by atoms with Crippen LogP contribution >= 0.6 is 0 Å². The van der Waals surface area contributed by atoms with E-state index in [4.69, 9.17) is 5.73 Å². The van der Waals surface area contributed by atoms with Crippen LogP contribution in [0.4, 0.5) is 34.9 Å². The van der Waals surface area contributed by atoms with E-state index in [1.807, 2.05) is 0 Å². The fourth-order valence-corrected chi connectivity index (χ4v) is 1.62. The number of nitrogens with one attached hydrogen (secondary N) is 1. The van der Waals surface area contributed by atoms with E-state index in [0.717, 1.165) is 6.07 Å². The number of nitrogen functional groups attached to an aromatic ring is 1. The third-order valence-corrected chi connectivity index (χ3v) is 2.40. The van der Waals surface area contributed by atoms with Crippen LogP contribution in [0.15, 0.2) is 24.3 Å². The SMILES string of the molecule is Cc1nc(N)cc(Nc2ccc(F)c(C(F)(F)F)c2)n1. The summed E-state index contributed by atoms with van der Waals surface area (Å²) in [5.41, 5.74) is 4.21. The van der Waals surface area contributed by atoms with Gasteiger partial charge in [-0.25, -0.2) is 14.4 Å². The maximum absolute atomic E-state index is 13.1. The maximum atomic E-state index is 13.1. The standard InChI is InChI=1S/C12H10F4N4/c1-6-18-10(17)5-11(19-6)20-7-2-3-9(13)8(4-7)12(14,15)16/h2-5H,1H3,(H3,17,18,19,20). The summed E-state index contributed by atoms with van der Waals surface area (Å²) in [4.78, 5) is 7.80. The Kier molecular flexibility index (Phi) is 3.47. The molecule has 20 heavy (non-hydrogen) atoms. The molecule has 0 atom stereocenters. The highest BCUT2D eigenvalue weighted by atomic mass is 19.4. The normalized spacial score (nSPS) is 11.4. The van der Waals surface area contributed by atoms with Gasteiger partial charge in [0, 0.05) is 11.8 Å². The van der Waals surface area contributed by atoms with Crippen LogP contribution in [-0.4, -0.2) is 9.97 Å². The Morgan fingerprint density at radius 3 is 2.45 bits per heavy atom. The summed E-state index contributed by atoms with van der Waals surface area (Å²) in [7, 11) is 0. The summed E-state index contributed by atoms with van der Waals surface area (Å²) in [6.45, 7) is 1.59. The Hall–Kier alpha value is -2.38. The van der Waals surface area contributed by atoms with E-state index >= 15 is 0 Å². The molecule has 0 aliphatic heterocycles. The number of nitrogens with two attached hydrogens (primary N) is 1. The molecule has 0 fully saturated rings. The fraction of sp³-hybridized carbons (Fsp3) is 0.167. The van der Waals surface area contributed by atoms with E-state index < -0.39 is 17.6 Å². The second kappa shape index (κ2) is 4.95. The number of alkyl halides is 3. The lowest BCUT2D eigenvalue weighted by molar-refractivity contribution is -0.139. The van der Waals surface area contributed by atoms with Crippen LogP contribution in [0.2, 0.25) is 0 Å². The van der Waals surface area contributed by atoms with E-state index in [1.165, 1.54) is 12.1 Å². The minimum Gasteiger partial charge on any atom is -0.384 e. The van der Waals surface area contributed by atoms with Gasteiger partial charge in [-0.2, -0.15) is 13.2 Å². The van der Waals surface area contributed by atoms with E-state index in [-0.39, 0.29) is 17.3 Å². The zero-order chi connectivity index (χ0) is 14.9. The summed E-state index contributed by atoms with van der Waals surface area (Å²) in [5, 5.41) is 2.63. The molecule has 0 saturated heterocycles. The van der Waals surface area contributed by atoms with Crippen molar-refractivity contribution in [3.8, 4) is 0 Å². The van der Waals surface area contributed by atoms with Crippen molar-refractivity contribution in [3.05, 3.63) is 41.5 Å². The van der Waals surface area contributed by atoms with Crippen LogP contribution in [0.1, 0.15) is 11.4 Å². The Labute approximate surface area is 111 Å². The van der Waals surface area contributed by atoms with Crippen LogP contribution in [0, 0.1) is 12.7 Å². The summed E-state index contributed by atoms with van der Waals surface area (Å²) in [5.74, 6) is -0.556. The molecule has 1 heterocycles. The highest BCUT2D eigenvalue weighted by molar-refractivity contribution is 5.59. The summed E-state index contributed by atoms with van der Waals surface area (Å²) < 4.78 is 50.9. The lowest BCUT2D eigenvalue weighted by Gasteiger charge is -2.11. The number of aryl methyl sites for hydroxylation is 1. The molecule has 2 aromatic rings. The molecule has 0 amide bonds. The highest BCUT2D eigenvalue weighted by Gasteiger charge is 2.34. The Bertz CT molecular complexity index is 620. The van der Waals surface area contributed by atoms with Crippen LogP contribution in [-0.2, 0) is 6.18 Å². The van der Waals surface area contributed by atoms with E-state index in [0.29, 0.717) is 11.9 Å². The molecule has 4 nitrogen and oxygen atoms in total. The maximum Gasteiger partial charge on any atom is 0.419 e. The molecule has 1 aromatic heterocycles. The van der Waals surface area contributed by atoms with Gasteiger partial charge < -0.3 is 11.1 Å². The monoisotopic (exact) mass is 286 g/mol. The molecule has 3 N–H and O–H groups in total. The number of nitrogens with zero attached hydrogens (tertiary/aromatic N) is 2. The van der Waals surface area contributed by atoms with Crippen LogP contribution in [0.25, 0.3) is 0 Å². The molecule has 106 valence electrons. The van der Waals surface area contributed by atoms with E-state index in [2.05, 4.69) is 15.3 Å². The molecule has 8 heteroatoms. The molecule has 0 unspecified atom stereocenters. The summed E-state index contributed by atoms with van der Waals surface area (Å²) >= 11 is 0. The van der Waals surface area contributed by atoms with E-state index in [9.17, 15) is 17.6 Å². The number of benzene rings is 1. The van der Waals surface area contributed by atoms with Gasteiger partial charge in [0.05, 0.1) is 5.56 Å². The third kappa shape index (κ3) is 3.14. The van der Waals surface area contributed by atoms with Crippen molar-refractivity contribution in [1.82, 2.24) is 9.97 Å². The fourth-order valence-electron chi connectivity index (χ4n) is 1.62. The highest BCUT2D eigenvalue weighted by Crippen LogP contribution is 2.33. The van der Waals surface area contributed by atoms with Crippen molar-refractivity contribution in [2.24, 2.45) is 0 Å². The number of hydrogen-bond acceptors (Lipinski definition) is 4. The topological polar surface area (TPSA) is 63.8 Å². The lowest BCUT2D eigenvalue weighted by Crippen LogP contribution is -2.09. The summed E-state index contributed by atoms with van der Waals surface area (Å²) in [6, 6.07) is 3.95. The van der Waals surface area contributed by atoms with Crippen LogP contribution in [0.5, 0.6) is 0 Å². The van der Waals surface area contributed by atoms with Crippen molar-refractivity contribution in [1.29, 1.82) is 0 Å². The quantitative estimate of drug-likeness (QED) is 0.832. The Morgan fingerprint density at radius 1 is 1.15 bits per heavy atom. The molecule has 0 spiro atoms. The second-order valence-corrected chi connectivity index (χ2v) is 4.04. The van der Waals surface area contributed by atoms with Gasteiger partial charge >= 0.3 is 6.18 Å². The average molecular weight is 286 g/mol. The molecule has 0 bridgehead atoms. The van der Waals surface area contributed by atoms with Gasteiger partial charge in [-0.3, -0.25) is 0 Å². The zero-order valence-electron chi connectivity index (χ0n) is 10.3. The molecule has 0 radical (unpaired) electrons. The first-order valence-corrected chi connectivity index (χ1v) is 5.50. The number of aromatic nitrogens is 2. The summed E-state index contributed by atoms with van der Waals surface area (Å²) in [6.07, 6.45) is -4.76. The van der Waals surface area contributed by atoms with Crippen molar-refractivity contribution in [2.75, 3.05) is 11.1 Å². The second-order valence-electron chi connectivity index (χ2n) is 4.04. The van der Waals surface area contributed by atoms with Crippen molar-refractivity contribution in [2.45, 2.75) is 13.1 Å². The van der Waals surface area contributed by atoms with Crippen LogP contribution < -0.4 is 11.1 Å². The molecule has 0 aliphatic rings. The smallest absolute Gasteiger partial charge is 0.384 e. The zero-order valence-corrected chi connectivity index (χ0v) is 10.3. The molecule has 0 aliphatic carbocycles. The van der Waals surface area contributed by atoms with Crippen molar-refractivity contribution in [3.63, 3.8) is 0 Å².